The van der Waals surface area contributed by atoms with Gasteiger partial charge in [0, 0.05) is 12.1 Å². The number of carbonyl (C=O) groups excluding carboxylic acids is 1. The summed E-state index contributed by atoms with van der Waals surface area (Å²) in [4.78, 5) is 12.0. The van der Waals surface area contributed by atoms with Gasteiger partial charge in [0.25, 0.3) is 5.91 Å². The molecule has 0 aliphatic carbocycles. The molecule has 0 heterocycles. The van der Waals surface area contributed by atoms with Crippen LogP contribution in [0.2, 0.25) is 0 Å². The van der Waals surface area contributed by atoms with Crippen molar-refractivity contribution in [3.8, 4) is 17.2 Å². The molecule has 0 saturated heterocycles. The quantitative estimate of drug-likeness (QED) is 0.772. The number of ether oxygens (including phenoxy) is 3. The molecular weight excluding hydrogens is 310 g/mol. The zero-order valence-electron chi connectivity index (χ0n) is 13.7. The summed E-state index contributed by atoms with van der Waals surface area (Å²) in [6.45, 7) is 0.128. The minimum Gasteiger partial charge on any atom is -0.497 e. The van der Waals surface area contributed by atoms with Crippen molar-refractivity contribution in [2.24, 2.45) is 0 Å². The van der Waals surface area contributed by atoms with Crippen molar-refractivity contribution in [1.82, 2.24) is 5.32 Å². The van der Waals surface area contributed by atoms with Crippen molar-refractivity contribution in [2.75, 3.05) is 27.4 Å². The lowest BCUT2D eigenvalue weighted by molar-refractivity contribution is 0.0839. The van der Waals surface area contributed by atoms with Gasteiger partial charge in [0.2, 0.25) is 0 Å². The first-order valence-corrected chi connectivity index (χ1v) is 7.50. The van der Waals surface area contributed by atoms with Gasteiger partial charge in [-0.15, -0.1) is 0 Å². The second kappa shape index (κ2) is 8.79. The lowest BCUT2D eigenvalue weighted by atomic mass is 10.2. The molecule has 6 nitrogen and oxygen atoms in total. The van der Waals surface area contributed by atoms with Gasteiger partial charge in [-0.05, 0) is 36.4 Å². The average molecular weight is 331 g/mol. The number of amides is 1. The fourth-order valence-electron chi connectivity index (χ4n) is 2.04. The largest absolute Gasteiger partial charge is 0.497 e. The molecule has 0 fully saturated rings. The summed E-state index contributed by atoms with van der Waals surface area (Å²) >= 11 is 0. The molecule has 0 bridgehead atoms. The van der Waals surface area contributed by atoms with Crippen LogP contribution < -0.4 is 19.5 Å². The first-order valence-electron chi connectivity index (χ1n) is 7.50. The molecule has 2 rings (SSSR count). The molecule has 2 aromatic carbocycles. The van der Waals surface area contributed by atoms with E-state index in [9.17, 15) is 9.90 Å². The van der Waals surface area contributed by atoms with E-state index in [1.165, 1.54) is 0 Å². The summed E-state index contributed by atoms with van der Waals surface area (Å²) in [7, 11) is 3.11. The summed E-state index contributed by atoms with van der Waals surface area (Å²) in [6, 6.07) is 13.9. The predicted octanol–water partition coefficient (Wildman–Crippen LogP) is 1.87. The molecule has 128 valence electrons. The summed E-state index contributed by atoms with van der Waals surface area (Å²) in [5.41, 5.74) is 0.494. The SMILES string of the molecule is COc1ccc(C(=O)NC[C@H](O)COc2ccccc2OC)cc1. The number of hydrogen-bond acceptors (Lipinski definition) is 5. The van der Waals surface area contributed by atoms with Crippen molar-refractivity contribution >= 4 is 5.91 Å². The van der Waals surface area contributed by atoms with Crippen LogP contribution >= 0.6 is 0 Å². The Bertz CT molecular complexity index is 657. The Morgan fingerprint density at radius 2 is 1.71 bits per heavy atom. The molecule has 2 N–H and O–H groups in total. The van der Waals surface area contributed by atoms with Crippen LogP contribution in [0.3, 0.4) is 0 Å². The van der Waals surface area contributed by atoms with Gasteiger partial charge in [0.1, 0.15) is 18.5 Å². The second-order valence-electron chi connectivity index (χ2n) is 5.05. The fourth-order valence-corrected chi connectivity index (χ4v) is 2.04. The predicted molar refractivity (Wildman–Crippen MR) is 89.8 cm³/mol. The summed E-state index contributed by atoms with van der Waals surface area (Å²) in [6.07, 6.45) is -0.836. The number of rotatable bonds is 8. The van der Waals surface area contributed by atoms with Crippen molar-refractivity contribution in [1.29, 1.82) is 0 Å². The van der Waals surface area contributed by atoms with E-state index in [0.717, 1.165) is 0 Å². The van der Waals surface area contributed by atoms with E-state index in [2.05, 4.69) is 5.32 Å². The normalized spacial score (nSPS) is 11.5. The third-order valence-corrected chi connectivity index (χ3v) is 3.35. The van der Waals surface area contributed by atoms with Crippen molar-refractivity contribution < 1.29 is 24.1 Å². The number of para-hydroxylation sites is 2. The number of hydrogen-bond donors (Lipinski definition) is 2. The van der Waals surface area contributed by atoms with Crippen LogP contribution in [0, 0.1) is 0 Å². The van der Waals surface area contributed by atoms with Crippen LogP contribution in [0.5, 0.6) is 17.2 Å². The molecule has 1 amide bonds. The van der Waals surface area contributed by atoms with Gasteiger partial charge in [-0.3, -0.25) is 4.79 Å². The smallest absolute Gasteiger partial charge is 0.251 e. The number of carbonyl (C=O) groups is 1. The Balaban J connectivity index is 1.79. The fraction of sp³-hybridized carbons (Fsp3) is 0.278. The van der Waals surface area contributed by atoms with E-state index >= 15 is 0 Å². The van der Waals surface area contributed by atoms with E-state index in [4.69, 9.17) is 14.2 Å². The highest BCUT2D eigenvalue weighted by molar-refractivity contribution is 5.94. The van der Waals surface area contributed by atoms with E-state index in [0.29, 0.717) is 22.8 Å². The van der Waals surface area contributed by atoms with E-state index in [1.807, 2.05) is 12.1 Å². The Labute approximate surface area is 141 Å². The highest BCUT2D eigenvalue weighted by atomic mass is 16.5. The number of nitrogens with one attached hydrogen (secondary N) is 1. The highest BCUT2D eigenvalue weighted by Gasteiger charge is 2.11. The topological polar surface area (TPSA) is 77.0 Å². The summed E-state index contributed by atoms with van der Waals surface area (Å²) in [5, 5.41) is 12.6. The minimum atomic E-state index is -0.836. The Hall–Kier alpha value is -2.73. The molecule has 24 heavy (non-hydrogen) atoms. The van der Waals surface area contributed by atoms with Gasteiger partial charge in [0.15, 0.2) is 11.5 Å². The summed E-state index contributed by atoms with van der Waals surface area (Å²) < 4.78 is 15.7. The Morgan fingerprint density at radius 1 is 1.04 bits per heavy atom. The van der Waals surface area contributed by atoms with E-state index in [1.54, 1.807) is 50.6 Å². The lowest BCUT2D eigenvalue weighted by Gasteiger charge is -2.15. The number of methoxy groups -OCH3 is 2. The number of benzene rings is 2. The van der Waals surface area contributed by atoms with Gasteiger partial charge < -0.3 is 24.6 Å². The van der Waals surface area contributed by atoms with E-state index in [-0.39, 0.29) is 19.1 Å². The second-order valence-corrected chi connectivity index (χ2v) is 5.05. The van der Waals surface area contributed by atoms with E-state index < -0.39 is 6.10 Å². The van der Waals surface area contributed by atoms with Gasteiger partial charge in [0.05, 0.1) is 14.2 Å². The maximum Gasteiger partial charge on any atom is 0.251 e. The third-order valence-electron chi connectivity index (χ3n) is 3.35. The maximum atomic E-state index is 12.0. The lowest BCUT2D eigenvalue weighted by Crippen LogP contribution is -2.35. The zero-order chi connectivity index (χ0) is 17.4. The Morgan fingerprint density at radius 3 is 2.33 bits per heavy atom. The van der Waals surface area contributed by atoms with Crippen LogP contribution in [0.1, 0.15) is 10.4 Å². The summed E-state index contributed by atoms with van der Waals surface area (Å²) in [5.74, 6) is 1.54. The van der Waals surface area contributed by atoms with Gasteiger partial charge in [-0.2, -0.15) is 0 Å². The molecule has 0 aromatic heterocycles. The van der Waals surface area contributed by atoms with Crippen LogP contribution in [-0.2, 0) is 0 Å². The standard InChI is InChI=1S/C18H21NO5/c1-22-15-9-7-13(8-10-15)18(21)19-11-14(20)12-24-17-6-4-3-5-16(17)23-2/h3-10,14,20H,11-12H2,1-2H3,(H,19,21)/t14-/m0/s1. The van der Waals surface area contributed by atoms with Crippen molar-refractivity contribution in [3.05, 3.63) is 54.1 Å². The molecular formula is C18H21NO5. The molecule has 2 aromatic rings. The molecule has 0 unspecified atom stereocenters. The third kappa shape index (κ3) is 4.89. The van der Waals surface area contributed by atoms with Crippen molar-refractivity contribution in [2.45, 2.75) is 6.10 Å². The van der Waals surface area contributed by atoms with Gasteiger partial charge >= 0.3 is 0 Å². The maximum absolute atomic E-state index is 12.0. The number of aliphatic hydroxyl groups is 1. The zero-order valence-corrected chi connectivity index (χ0v) is 13.7. The average Bonchev–Trinajstić information content (AvgIpc) is 2.64. The molecule has 6 heteroatoms. The van der Waals surface area contributed by atoms with Gasteiger partial charge in [-0.25, -0.2) is 0 Å². The molecule has 0 saturated carbocycles. The van der Waals surface area contributed by atoms with Crippen LogP contribution in [0.25, 0.3) is 0 Å². The number of aliphatic hydroxyl groups excluding tert-OH is 1. The molecule has 0 spiro atoms. The first-order chi connectivity index (χ1) is 11.6. The van der Waals surface area contributed by atoms with Crippen LogP contribution in [0.4, 0.5) is 0 Å². The first kappa shape index (κ1) is 17.6. The highest BCUT2D eigenvalue weighted by Crippen LogP contribution is 2.25. The molecule has 1 atom stereocenters. The molecule has 0 radical (unpaired) electrons. The van der Waals surface area contributed by atoms with Crippen LogP contribution in [0.15, 0.2) is 48.5 Å². The van der Waals surface area contributed by atoms with Crippen LogP contribution in [-0.4, -0.2) is 44.5 Å². The monoisotopic (exact) mass is 331 g/mol. The Kier molecular flexibility index (Phi) is 6.45. The molecule has 0 aliphatic heterocycles. The molecule has 0 aliphatic rings. The van der Waals surface area contributed by atoms with Gasteiger partial charge in [-0.1, -0.05) is 12.1 Å². The minimum absolute atomic E-state index is 0.0449. The van der Waals surface area contributed by atoms with Crippen molar-refractivity contribution in [3.63, 3.8) is 0 Å².